The molecule has 3 unspecified atom stereocenters. The molecule has 2 saturated heterocycles. The van der Waals surface area contributed by atoms with E-state index in [1.807, 2.05) is 11.0 Å². The molecule has 1 aromatic carbocycles. The van der Waals surface area contributed by atoms with E-state index in [9.17, 15) is 9.18 Å². The first-order chi connectivity index (χ1) is 10.2. The van der Waals surface area contributed by atoms with Gasteiger partial charge in [0.15, 0.2) is 0 Å². The van der Waals surface area contributed by atoms with Crippen molar-refractivity contribution < 1.29 is 13.9 Å². The lowest BCUT2D eigenvalue weighted by atomic mass is 9.85. The van der Waals surface area contributed by atoms with Crippen LogP contribution in [-0.4, -0.2) is 43.7 Å². The number of methoxy groups -OCH3 is 1. The molecule has 0 aromatic heterocycles. The second-order valence-electron chi connectivity index (χ2n) is 5.62. The normalized spacial score (nSPS) is 28.5. The van der Waals surface area contributed by atoms with Crippen LogP contribution in [0.25, 0.3) is 0 Å². The second kappa shape index (κ2) is 6.09. The molecule has 6 heteroatoms. The zero-order valence-electron chi connectivity index (χ0n) is 12.0. The van der Waals surface area contributed by atoms with Gasteiger partial charge in [-0.2, -0.15) is 0 Å². The van der Waals surface area contributed by atoms with Crippen molar-refractivity contribution in [2.45, 2.75) is 18.5 Å². The summed E-state index contributed by atoms with van der Waals surface area (Å²) in [5, 5.41) is 0. The second-order valence-corrected chi connectivity index (χ2v) is 5.62. The summed E-state index contributed by atoms with van der Waals surface area (Å²) in [5.41, 5.74) is 7.08. The lowest BCUT2D eigenvalue weighted by Crippen LogP contribution is -2.48. The van der Waals surface area contributed by atoms with Crippen LogP contribution < -0.4 is 10.9 Å². The average molecular weight is 293 g/mol. The number of nitrogens with zero attached hydrogens (tertiary/aromatic N) is 1. The topological polar surface area (TPSA) is 53.6 Å². The van der Waals surface area contributed by atoms with Gasteiger partial charge in [-0.3, -0.25) is 10.2 Å². The summed E-state index contributed by atoms with van der Waals surface area (Å²) in [4.78, 5) is 13.8. The Labute approximate surface area is 123 Å². The molecule has 3 rings (SSSR count). The van der Waals surface area contributed by atoms with Gasteiger partial charge in [0.2, 0.25) is 5.91 Å². The van der Waals surface area contributed by atoms with Gasteiger partial charge >= 0.3 is 0 Å². The molecular formula is C15H20FN3O2. The van der Waals surface area contributed by atoms with Crippen LogP contribution in [-0.2, 0) is 9.53 Å². The first-order valence-electron chi connectivity index (χ1n) is 7.23. The standard InChI is InChI=1S/C15H20FN3O2/c1-21-9-14(20)19-7-6-13-11(8-19)15(18-17-13)10-4-2-3-5-12(10)16/h2-5,11,13,15,17-18H,6-9H2,1H3. The maximum Gasteiger partial charge on any atom is 0.248 e. The van der Waals surface area contributed by atoms with E-state index < -0.39 is 0 Å². The largest absolute Gasteiger partial charge is 0.375 e. The Kier molecular flexibility index (Phi) is 4.19. The van der Waals surface area contributed by atoms with Crippen LogP contribution in [0.3, 0.4) is 0 Å². The highest BCUT2D eigenvalue weighted by Crippen LogP contribution is 2.34. The number of rotatable bonds is 3. The maximum absolute atomic E-state index is 14.0. The molecule has 2 aliphatic rings. The van der Waals surface area contributed by atoms with Crippen molar-refractivity contribution in [1.82, 2.24) is 15.8 Å². The number of hydrazine groups is 1. The van der Waals surface area contributed by atoms with Crippen LogP contribution in [0.5, 0.6) is 0 Å². The Hall–Kier alpha value is -1.50. The van der Waals surface area contributed by atoms with Gasteiger partial charge < -0.3 is 9.64 Å². The fourth-order valence-corrected chi connectivity index (χ4v) is 3.28. The zero-order valence-corrected chi connectivity index (χ0v) is 12.0. The van der Waals surface area contributed by atoms with Crippen LogP contribution in [0.2, 0.25) is 0 Å². The van der Waals surface area contributed by atoms with E-state index >= 15 is 0 Å². The Bertz CT molecular complexity index is 525. The fraction of sp³-hybridized carbons (Fsp3) is 0.533. The van der Waals surface area contributed by atoms with Crippen LogP contribution >= 0.6 is 0 Å². The number of fused-ring (bicyclic) bond motifs is 1. The molecule has 21 heavy (non-hydrogen) atoms. The molecular weight excluding hydrogens is 273 g/mol. The molecule has 1 aromatic rings. The lowest BCUT2D eigenvalue weighted by Gasteiger charge is -2.36. The highest BCUT2D eigenvalue weighted by Gasteiger charge is 2.42. The number of carbonyl (C=O) groups excluding carboxylic acids is 1. The van der Waals surface area contributed by atoms with Crippen molar-refractivity contribution in [2.24, 2.45) is 5.92 Å². The van der Waals surface area contributed by atoms with Crippen LogP contribution in [0.15, 0.2) is 24.3 Å². The molecule has 1 amide bonds. The number of benzene rings is 1. The number of piperidine rings is 1. The van der Waals surface area contributed by atoms with Crippen LogP contribution in [0, 0.1) is 11.7 Å². The molecule has 0 saturated carbocycles. The number of halogens is 1. The molecule has 0 bridgehead atoms. The Morgan fingerprint density at radius 3 is 3.00 bits per heavy atom. The minimum absolute atomic E-state index is 0.00451. The molecule has 0 radical (unpaired) electrons. The number of amides is 1. The van der Waals surface area contributed by atoms with E-state index in [1.165, 1.54) is 13.2 Å². The number of hydrogen-bond donors (Lipinski definition) is 2. The van der Waals surface area contributed by atoms with Crippen molar-refractivity contribution in [3.8, 4) is 0 Å². The number of carbonyl (C=O) groups is 1. The Balaban J connectivity index is 1.77. The van der Waals surface area contributed by atoms with Gasteiger partial charge in [-0.1, -0.05) is 18.2 Å². The number of hydrogen-bond acceptors (Lipinski definition) is 4. The molecule has 2 N–H and O–H groups in total. The van der Waals surface area contributed by atoms with Crippen LogP contribution in [0.1, 0.15) is 18.0 Å². The minimum atomic E-state index is -0.210. The van der Waals surface area contributed by atoms with Gasteiger partial charge in [0.1, 0.15) is 12.4 Å². The SMILES string of the molecule is COCC(=O)N1CCC2NNC(c3ccccc3F)C2C1. The molecule has 3 atom stereocenters. The summed E-state index contributed by atoms with van der Waals surface area (Å²) >= 11 is 0. The molecule has 2 fully saturated rings. The predicted molar refractivity (Wildman–Crippen MR) is 75.8 cm³/mol. The predicted octanol–water partition coefficient (Wildman–Crippen LogP) is 0.838. The molecule has 2 aliphatic heterocycles. The third kappa shape index (κ3) is 2.79. The van der Waals surface area contributed by atoms with Crippen molar-refractivity contribution >= 4 is 5.91 Å². The smallest absolute Gasteiger partial charge is 0.248 e. The molecule has 0 spiro atoms. The van der Waals surface area contributed by atoms with Crippen molar-refractivity contribution in [3.63, 3.8) is 0 Å². The van der Waals surface area contributed by atoms with E-state index in [1.54, 1.807) is 12.1 Å². The van der Waals surface area contributed by atoms with E-state index in [0.717, 1.165) is 6.42 Å². The number of nitrogens with one attached hydrogen (secondary N) is 2. The van der Waals surface area contributed by atoms with Crippen molar-refractivity contribution in [3.05, 3.63) is 35.6 Å². The van der Waals surface area contributed by atoms with Gasteiger partial charge in [0.05, 0.1) is 6.04 Å². The molecule has 2 heterocycles. The quantitative estimate of drug-likeness (QED) is 0.867. The number of likely N-dealkylation sites (tertiary alicyclic amines) is 1. The monoisotopic (exact) mass is 293 g/mol. The zero-order chi connectivity index (χ0) is 14.8. The van der Waals surface area contributed by atoms with Gasteiger partial charge in [-0.15, -0.1) is 0 Å². The summed E-state index contributed by atoms with van der Waals surface area (Å²) in [6.45, 7) is 1.43. The summed E-state index contributed by atoms with van der Waals surface area (Å²) in [7, 11) is 1.52. The third-order valence-electron chi connectivity index (χ3n) is 4.37. The van der Waals surface area contributed by atoms with Gasteiger partial charge in [-0.05, 0) is 12.5 Å². The highest BCUT2D eigenvalue weighted by molar-refractivity contribution is 5.77. The Morgan fingerprint density at radius 1 is 1.43 bits per heavy atom. The van der Waals surface area contributed by atoms with Crippen molar-refractivity contribution in [1.29, 1.82) is 0 Å². The Morgan fingerprint density at radius 2 is 2.24 bits per heavy atom. The van der Waals surface area contributed by atoms with Crippen LogP contribution in [0.4, 0.5) is 4.39 Å². The van der Waals surface area contributed by atoms with E-state index in [4.69, 9.17) is 4.74 Å². The maximum atomic E-state index is 14.0. The summed E-state index contributed by atoms with van der Waals surface area (Å²) in [6.07, 6.45) is 0.859. The van der Waals surface area contributed by atoms with Gasteiger partial charge in [0, 0.05) is 37.7 Å². The minimum Gasteiger partial charge on any atom is -0.375 e. The van der Waals surface area contributed by atoms with E-state index in [-0.39, 0.29) is 36.3 Å². The van der Waals surface area contributed by atoms with Gasteiger partial charge in [-0.25, -0.2) is 9.82 Å². The summed E-state index contributed by atoms with van der Waals surface area (Å²) in [5.74, 6) is -0.0515. The fourth-order valence-electron chi connectivity index (χ4n) is 3.28. The van der Waals surface area contributed by atoms with Gasteiger partial charge in [0.25, 0.3) is 0 Å². The highest BCUT2D eigenvalue weighted by atomic mass is 19.1. The van der Waals surface area contributed by atoms with E-state index in [0.29, 0.717) is 18.7 Å². The molecule has 0 aliphatic carbocycles. The lowest BCUT2D eigenvalue weighted by molar-refractivity contribution is -0.137. The first kappa shape index (κ1) is 14.4. The number of ether oxygens (including phenoxy) is 1. The summed E-state index contributed by atoms with van der Waals surface area (Å²) in [6, 6.07) is 6.95. The first-order valence-corrected chi connectivity index (χ1v) is 7.23. The van der Waals surface area contributed by atoms with Crippen molar-refractivity contribution in [2.75, 3.05) is 26.8 Å². The van der Waals surface area contributed by atoms with E-state index in [2.05, 4.69) is 10.9 Å². The summed E-state index contributed by atoms with van der Waals surface area (Å²) < 4.78 is 18.9. The molecule has 5 nitrogen and oxygen atoms in total. The average Bonchev–Trinajstić information content (AvgIpc) is 2.91. The molecule has 114 valence electrons. The third-order valence-corrected chi connectivity index (χ3v) is 4.37.